The van der Waals surface area contributed by atoms with Gasteiger partial charge in [-0.2, -0.15) is 0 Å². The number of nitrogens with zero attached hydrogens (tertiary/aromatic N) is 5. The number of sulfone groups is 1. The number of anilines is 1. The molecule has 0 unspecified atom stereocenters. The molecule has 0 amide bonds. The Morgan fingerprint density at radius 1 is 1.06 bits per heavy atom. The van der Waals surface area contributed by atoms with Crippen LogP contribution < -0.4 is 4.90 Å². The number of pyridine rings is 1. The van der Waals surface area contributed by atoms with Gasteiger partial charge < -0.3 is 14.8 Å². The maximum atomic E-state index is 11.8. The SMILES string of the molecule is CN1CCN(c2cccc(-c3c[nH]c4ccc(-c5nnc(S(C)(=O)=O)s5)cc34)n2)CC1. The molecule has 0 saturated carbocycles. The maximum Gasteiger partial charge on any atom is 0.232 e. The highest BCUT2D eigenvalue weighted by Crippen LogP contribution is 2.33. The number of likely N-dealkylation sites (N-methyl/N-ethyl adjacent to an activating group) is 1. The van der Waals surface area contributed by atoms with Gasteiger partial charge in [-0.05, 0) is 37.4 Å². The minimum absolute atomic E-state index is 0.0263. The van der Waals surface area contributed by atoms with E-state index in [2.05, 4.69) is 38.1 Å². The molecule has 1 aliphatic rings. The molecule has 3 aromatic heterocycles. The van der Waals surface area contributed by atoms with E-state index in [1.54, 1.807) is 0 Å². The summed E-state index contributed by atoms with van der Waals surface area (Å²) in [6.45, 7) is 3.98. The molecule has 1 aliphatic heterocycles. The van der Waals surface area contributed by atoms with Crippen LogP contribution in [0.25, 0.3) is 32.7 Å². The standard InChI is InChI=1S/C21H22N6O2S2/c1-26-8-10-27(11-9-26)19-5-3-4-18(23-19)16-13-22-17-7-6-14(12-15(16)17)20-24-25-21(30-20)31(2,28)29/h3-7,12-13,22H,8-11H2,1-2H3. The fourth-order valence-corrected chi connectivity index (χ4v) is 5.33. The van der Waals surface area contributed by atoms with Crippen molar-refractivity contribution in [3.63, 3.8) is 0 Å². The Kier molecular flexibility index (Phi) is 4.99. The normalized spacial score (nSPS) is 15.6. The van der Waals surface area contributed by atoms with Crippen molar-refractivity contribution in [2.45, 2.75) is 4.34 Å². The Morgan fingerprint density at radius 2 is 1.87 bits per heavy atom. The lowest BCUT2D eigenvalue weighted by atomic mass is 10.1. The van der Waals surface area contributed by atoms with Gasteiger partial charge in [0, 0.05) is 60.7 Å². The van der Waals surface area contributed by atoms with Crippen LogP contribution in [0.5, 0.6) is 0 Å². The first kappa shape index (κ1) is 20.1. The summed E-state index contributed by atoms with van der Waals surface area (Å²) in [4.78, 5) is 12.9. The van der Waals surface area contributed by atoms with Gasteiger partial charge in [0.1, 0.15) is 10.8 Å². The molecule has 5 rings (SSSR count). The molecule has 0 atom stereocenters. The molecule has 31 heavy (non-hydrogen) atoms. The second-order valence-electron chi connectivity index (χ2n) is 7.78. The van der Waals surface area contributed by atoms with Crippen molar-refractivity contribution < 1.29 is 8.42 Å². The average molecular weight is 455 g/mol. The Hall–Kier alpha value is -2.82. The summed E-state index contributed by atoms with van der Waals surface area (Å²) >= 11 is 1.08. The Labute approximate surface area is 184 Å². The third kappa shape index (κ3) is 3.93. The number of aromatic nitrogens is 4. The summed E-state index contributed by atoms with van der Waals surface area (Å²) < 4.78 is 23.5. The van der Waals surface area contributed by atoms with Crippen LogP contribution in [0.15, 0.2) is 46.9 Å². The molecular formula is C21H22N6O2S2. The van der Waals surface area contributed by atoms with Gasteiger partial charge in [-0.25, -0.2) is 13.4 Å². The summed E-state index contributed by atoms with van der Waals surface area (Å²) in [5, 5.41) is 9.50. The molecular weight excluding hydrogens is 432 g/mol. The van der Waals surface area contributed by atoms with Crippen molar-refractivity contribution in [3.05, 3.63) is 42.6 Å². The Balaban J connectivity index is 1.52. The molecule has 0 aliphatic carbocycles. The van der Waals surface area contributed by atoms with Gasteiger partial charge in [0.25, 0.3) is 0 Å². The van der Waals surface area contributed by atoms with E-state index in [-0.39, 0.29) is 4.34 Å². The fourth-order valence-electron chi connectivity index (χ4n) is 3.73. The van der Waals surface area contributed by atoms with Crippen molar-refractivity contribution in [2.75, 3.05) is 44.4 Å². The van der Waals surface area contributed by atoms with Gasteiger partial charge >= 0.3 is 0 Å². The second kappa shape index (κ2) is 7.70. The fraction of sp³-hybridized carbons (Fsp3) is 0.286. The lowest BCUT2D eigenvalue weighted by molar-refractivity contribution is 0.312. The number of hydrogen-bond acceptors (Lipinski definition) is 8. The highest BCUT2D eigenvalue weighted by molar-refractivity contribution is 7.92. The first-order chi connectivity index (χ1) is 14.9. The van der Waals surface area contributed by atoms with Crippen LogP contribution >= 0.6 is 11.3 Å². The van der Waals surface area contributed by atoms with Crippen LogP contribution in [0.4, 0.5) is 5.82 Å². The number of H-pyrrole nitrogens is 1. The molecule has 1 N–H and O–H groups in total. The van der Waals surface area contributed by atoms with E-state index in [0.29, 0.717) is 5.01 Å². The van der Waals surface area contributed by atoms with Crippen LogP contribution in [0.3, 0.4) is 0 Å². The van der Waals surface area contributed by atoms with E-state index in [1.807, 2.05) is 36.5 Å². The summed E-state index contributed by atoms with van der Waals surface area (Å²) in [7, 11) is -1.23. The molecule has 1 aromatic carbocycles. The predicted molar refractivity (Wildman–Crippen MR) is 123 cm³/mol. The number of fused-ring (bicyclic) bond motifs is 1. The van der Waals surface area contributed by atoms with E-state index >= 15 is 0 Å². The molecule has 8 nitrogen and oxygen atoms in total. The van der Waals surface area contributed by atoms with Gasteiger partial charge in [0.05, 0.1) is 5.69 Å². The quantitative estimate of drug-likeness (QED) is 0.507. The van der Waals surface area contributed by atoms with Crippen molar-refractivity contribution in [3.8, 4) is 21.8 Å². The second-order valence-corrected chi connectivity index (χ2v) is 10.9. The molecule has 1 fully saturated rings. The van der Waals surface area contributed by atoms with Crippen LogP contribution in [0, 0.1) is 0 Å². The van der Waals surface area contributed by atoms with Gasteiger partial charge in [0.15, 0.2) is 0 Å². The van der Waals surface area contributed by atoms with E-state index in [1.165, 1.54) is 0 Å². The Bertz CT molecular complexity index is 1350. The van der Waals surface area contributed by atoms with Gasteiger partial charge in [-0.3, -0.25) is 0 Å². The smallest absolute Gasteiger partial charge is 0.232 e. The van der Waals surface area contributed by atoms with E-state index in [4.69, 9.17) is 4.98 Å². The zero-order chi connectivity index (χ0) is 21.6. The van der Waals surface area contributed by atoms with Crippen molar-refractivity contribution in [1.82, 2.24) is 25.1 Å². The zero-order valence-corrected chi connectivity index (χ0v) is 18.9. The van der Waals surface area contributed by atoms with Crippen LogP contribution in [0.2, 0.25) is 0 Å². The molecule has 4 heterocycles. The van der Waals surface area contributed by atoms with Gasteiger partial charge in [-0.1, -0.05) is 17.4 Å². The average Bonchev–Trinajstić information content (AvgIpc) is 3.41. The summed E-state index contributed by atoms with van der Waals surface area (Å²) in [6.07, 6.45) is 3.11. The van der Waals surface area contributed by atoms with Crippen LogP contribution in [-0.2, 0) is 9.84 Å². The highest BCUT2D eigenvalue weighted by Gasteiger charge is 2.18. The molecule has 0 spiro atoms. The summed E-state index contributed by atoms with van der Waals surface area (Å²) in [6, 6.07) is 12.0. The monoisotopic (exact) mass is 454 g/mol. The zero-order valence-electron chi connectivity index (χ0n) is 17.2. The van der Waals surface area contributed by atoms with Crippen molar-refractivity contribution >= 4 is 37.9 Å². The lowest BCUT2D eigenvalue weighted by Gasteiger charge is -2.33. The molecule has 4 aromatic rings. The number of nitrogens with one attached hydrogen (secondary N) is 1. The number of hydrogen-bond donors (Lipinski definition) is 1. The topological polar surface area (TPSA) is 95.1 Å². The molecule has 160 valence electrons. The van der Waals surface area contributed by atoms with E-state index in [0.717, 1.165) is 77.3 Å². The molecule has 0 radical (unpaired) electrons. The van der Waals surface area contributed by atoms with Gasteiger partial charge in [-0.15, -0.1) is 10.2 Å². The molecule has 0 bridgehead atoms. The predicted octanol–water partition coefficient (Wildman–Crippen LogP) is 2.90. The summed E-state index contributed by atoms with van der Waals surface area (Å²) in [5.74, 6) is 0.984. The molecule has 1 saturated heterocycles. The number of benzene rings is 1. The minimum Gasteiger partial charge on any atom is -0.360 e. The maximum absolute atomic E-state index is 11.8. The van der Waals surface area contributed by atoms with Crippen molar-refractivity contribution in [1.29, 1.82) is 0 Å². The minimum atomic E-state index is -3.37. The third-order valence-corrected chi connectivity index (χ3v) is 8.13. The van der Waals surface area contributed by atoms with Gasteiger partial charge in [0.2, 0.25) is 14.2 Å². The largest absolute Gasteiger partial charge is 0.360 e. The van der Waals surface area contributed by atoms with Crippen LogP contribution in [0.1, 0.15) is 0 Å². The summed E-state index contributed by atoms with van der Waals surface area (Å²) in [5.41, 5.74) is 3.71. The lowest BCUT2D eigenvalue weighted by Crippen LogP contribution is -2.44. The van der Waals surface area contributed by atoms with Crippen molar-refractivity contribution in [2.24, 2.45) is 0 Å². The number of aromatic amines is 1. The van der Waals surface area contributed by atoms with Crippen LogP contribution in [-0.4, -0.2) is 73.0 Å². The number of piperazine rings is 1. The molecule has 10 heteroatoms. The number of rotatable bonds is 4. The highest BCUT2D eigenvalue weighted by atomic mass is 32.2. The van der Waals surface area contributed by atoms with E-state index < -0.39 is 9.84 Å². The third-order valence-electron chi connectivity index (χ3n) is 5.49. The first-order valence-corrected chi connectivity index (χ1v) is 12.7. The first-order valence-electron chi connectivity index (χ1n) is 9.94. The van der Waals surface area contributed by atoms with E-state index in [9.17, 15) is 8.42 Å². The Morgan fingerprint density at radius 3 is 2.61 bits per heavy atom.